The fourth-order valence-electron chi connectivity index (χ4n) is 2.90. The molecule has 0 saturated carbocycles. The number of amides is 1. The van der Waals surface area contributed by atoms with Gasteiger partial charge in [0.1, 0.15) is 0 Å². The largest absolute Gasteiger partial charge is 0.342 e. The number of hydrogen-bond acceptors (Lipinski definition) is 2. The summed E-state index contributed by atoms with van der Waals surface area (Å²) in [5.74, 6) is 0.985. The van der Waals surface area contributed by atoms with Gasteiger partial charge in [0.05, 0.1) is 6.42 Å². The number of piperidine rings is 1. The molecule has 1 aromatic carbocycles. The number of nitrogens with zero attached hydrogens (tertiary/aromatic N) is 1. The number of carbonyl (C=O) groups is 1. The molecular weight excluding hydrogens is 266 g/mol. The van der Waals surface area contributed by atoms with Crippen LogP contribution in [-0.2, 0) is 11.2 Å². The maximum Gasteiger partial charge on any atom is 0.226 e. The molecule has 0 radical (unpaired) electrons. The van der Waals surface area contributed by atoms with Crippen molar-refractivity contribution in [2.24, 2.45) is 11.3 Å². The second-order valence-electron chi connectivity index (χ2n) is 6.86. The van der Waals surface area contributed by atoms with Crippen molar-refractivity contribution in [3.8, 4) is 0 Å². The summed E-state index contributed by atoms with van der Waals surface area (Å²) in [4.78, 5) is 15.3. The van der Waals surface area contributed by atoms with Crippen LogP contribution in [0.2, 0.25) is 0 Å². The minimum absolute atomic E-state index is 0.254. The van der Waals surface area contributed by atoms with E-state index in [2.05, 4.69) is 33.4 Å². The first kappa shape index (κ1) is 15.4. The number of thiol groups is 1. The predicted molar refractivity (Wildman–Crippen MR) is 86.2 cm³/mol. The van der Waals surface area contributed by atoms with Crippen LogP contribution in [0.25, 0.3) is 0 Å². The minimum atomic E-state index is 0.254. The molecule has 1 heterocycles. The Balaban J connectivity index is 1.87. The van der Waals surface area contributed by atoms with E-state index in [1.54, 1.807) is 0 Å². The molecule has 20 heavy (non-hydrogen) atoms. The molecule has 110 valence electrons. The number of hydrogen-bond donors (Lipinski definition) is 1. The highest BCUT2D eigenvalue weighted by atomic mass is 32.1. The van der Waals surface area contributed by atoms with Crippen molar-refractivity contribution in [1.82, 2.24) is 4.90 Å². The van der Waals surface area contributed by atoms with E-state index >= 15 is 0 Å². The zero-order valence-corrected chi connectivity index (χ0v) is 13.6. The van der Waals surface area contributed by atoms with Crippen molar-refractivity contribution in [3.05, 3.63) is 29.8 Å². The van der Waals surface area contributed by atoms with E-state index in [0.29, 0.717) is 11.8 Å². The third-order valence-corrected chi connectivity index (χ3v) is 4.66. The maximum absolute atomic E-state index is 12.3. The summed E-state index contributed by atoms with van der Waals surface area (Å²) < 4.78 is 0. The maximum atomic E-state index is 12.3. The van der Waals surface area contributed by atoms with Crippen molar-refractivity contribution in [1.29, 1.82) is 0 Å². The zero-order valence-electron chi connectivity index (χ0n) is 12.7. The van der Waals surface area contributed by atoms with Gasteiger partial charge >= 0.3 is 0 Å². The van der Waals surface area contributed by atoms with E-state index in [9.17, 15) is 4.79 Å². The van der Waals surface area contributed by atoms with Crippen LogP contribution >= 0.6 is 12.6 Å². The van der Waals surface area contributed by atoms with E-state index in [4.69, 9.17) is 0 Å². The van der Waals surface area contributed by atoms with Gasteiger partial charge in [0.15, 0.2) is 0 Å². The third kappa shape index (κ3) is 4.02. The molecule has 1 aliphatic heterocycles. The zero-order chi connectivity index (χ0) is 14.8. The molecule has 1 aliphatic rings. The monoisotopic (exact) mass is 291 g/mol. The lowest BCUT2D eigenvalue weighted by Gasteiger charge is -2.38. The van der Waals surface area contributed by atoms with Crippen LogP contribution in [0.4, 0.5) is 0 Å². The molecule has 1 fully saturated rings. The van der Waals surface area contributed by atoms with Gasteiger partial charge in [0.25, 0.3) is 0 Å². The Hall–Kier alpha value is -0.960. The number of benzene rings is 1. The highest BCUT2D eigenvalue weighted by Gasteiger charge is 2.30. The summed E-state index contributed by atoms with van der Waals surface area (Å²) in [6, 6.07) is 7.86. The standard InChI is InChI=1S/C17H25NOS/c1-17(2,3)14-8-10-18(11-9-14)16(19)12-13-4-6-15(20)7-5-13/h4-7,14,20H,8-12H2,1-3H3. The normalized spacial score (nSPS) is 17.3. The lowest BCUT2D eigenvalue weighted by atomic mass is 9.75. The Labute approximate surface area is 128 Å². The second kappa shape index (κ2) is 6.21. The summed E-state index contributed by atoms with van der Waals surface area (Å²) in [5.41, 5.74) is 1.43. The number of rotatable bonds is 2. The van der Waals surface area contributed by atoms with Crippen LogP contribution in [0.15, 0.2) is 29.2 Å². The summed E-state index contributed by atoms with van der Waals surface area (Å²) in [6.07, 6.45) is 2.77. The molecule has 0 unspecified atom stereocenters. The van der Waals surface area contributed by atoms with Crippen molar-refractivity contribution in [3.63, 3.8) is 0 Å². The summed E-state index contributed by atoms with van der Waals surface area (Å²) in [7, 11) is 0. The summed E-state index contributed by atoms with van der Waals surface area (Å²) in [5, 5.41) is 0. The SMILES string of the molecule is CC(C)(C)C1CCN(C(=O)Cc2ccc(S)cc2)CC1. The van der Waals surface area contributed by atoms with E-state index in [-0.39, 0.29) is 5.91 Å². The molecule has 1 amide bonds. The molecule has 0 aromatic heterocycles. The fraction of sp³-hybridized carbons (Fsp3) is 0.588. The van der Waals surface area contributed by atoms with E-state index < -0.39 is 0 Å². The van der Waals surface area contributed by atoms with Crippen molar-refractivity contribution >= 4 is 18.5 Å². The van der Waals surface area contributed by atoms with Crippen LogP contribution in [0.3, 0.4) is 0 Å². The molecule has 0 spiro atoms. The van der Waals surface area contributed by atoms with Gasteiger partial charge in [0.2, 0.25) is 5.91 Å². The molecule has 0 N–H and O–H groups in total. The summed E-state index contributed by atoms with van der Waals surface area (Å²) >= 11 is 4.27. The van der Waals surface area contributed by atoms with E-state index in [1.165, 1.54) is 0 Å². The van der Waals surface area contributed by atoms with Gasteiger partial charge in [-0.05, 0) is 41.9 Å². The molecule has 3 heteroatoms. The molecule has 2 nitrogen and oxygen atoms in total. The second-order valence-corrected chi connectivity index (χ2v) is 7.38. The van der Waals surface area contributed by atoms with Gasteiger partial charge in [0, 0.05) is 18.0 Å². The van der Waals surface area contributed by atoms with E-state index in [0.717, 1.165) is 42.3 Å². The number of likely N-dealkylation sites (tertiary alicyclic amines) is 1. The molecule has 0 aliphatic carbocycles. The smallest absolute Gasteiger partial charge is 0.226 e. The summed E-state index contributed by atoms with van der Waals surface area (Å²) in [6.45, 7) is 8.72. The van der Waals surface area contributed by atoms with Gasteiger partial charge in [-0.15, -0.1) is 12.6 Å². The van der Waals surface area contributed by atoms with Gasteiger partial charge in [-0.1, -0.05) is 32.9 Å². The number of carbonyl (C=O) groups excluding carboxylic acids is 1. The molecule has 1 saturated heterocycles. The van der Waals surface area contributed by atoms with Gasteiger partial charge in [-0.25, -0.2) is 0 Å². The van der Waals surface area contributed by atoms with Crippen molar-refractivity contribution in [2.45, 2.75) is 44.9 Å². The van der Waals surface area contributed by atoms with E-state index in [1.807, 2.05) is 29.2 Å². The molecule has 0 atom stereocenters. The molecule has 1 aromatic rings. The van der Waals surface area contributed by atoms with Crippen LogP contribution in [0.1, 0.15) is 39.2 Å². The van der Waals surface area contributed by atoms with Gasteiger partial charge in [-0.2, -0.15) is 0 Å². The fourth-order valence-corrected chi connectivity index (χ4v) is 3.04. The lowest BCUT2D eigenvalue weighted by Crippen LogP contribution is -2.42. The van der Waals surface area contributed by atoms with Crippen LogP contribution in [0, 0.1) is 11.3 Å². The average molecular weight is 291 g/mol. The van der Waals surface area contributed by atoms with Crippen LogP contribution < -0.4 is 0 Å². The minimum Gasteiger partial charge on any atom is -0.342 e. The molecule has 0 bridgehead atoms. The highest BCUT2D eigenvalue weighted by molar-refractivity contribution is 7.80. The lowest BCUT2D eigenvalue weighted by molar-refractivity contribution is -0.132. The average Bonchev–Trinajstić information content (AvgIpc) is 2.40. The Kier molecular flexibility index (Phi) is 4.79. The highest BCUT2D eigenvalue weighted by Crippen LogP contribution is 2.34. The van der Waals surface area contributed by atoms with Crippen molar-refractivity contribution in [2.75, 3.05) is 13.1 Å². The third-order valence-electron chi connectivity index (χ3n) is 4.36. The Bertz CT molecular complexity index is 453. The first-order valence-electron chi connectivity index (χ1n) is 7.42. The van der Waals surface area contributed by atoms with Gasteiger partial charge in [-0.3, -0.25) is 4.79 Å². The first-order chi connectivity index (χ1) is 9.36. The molecule has 2 rings (SSSR count). The predicted octanol–water partition coefficient (Wildman–Crippen LogP) is 3.80. The van der Waals surface area contributed by atoms with Crippen LogP contribution in [-0.4, -0.2) is 23.9 Å². The van der Waals surface area contributed by atoms with Gasteiger partial charge < -0.3 is 4.90 Å². The Morgan fingerprint density at radius 3 is 2.25 bits per heavy atom. The molecular formula is C17H25NOS. The quantitative estimate of drug-likeness (QED) is 0.822. The van der Waals surface area contributed by atoms with Crippen LogP contribution in [0.5, 0.6) is 0 Å². The first-order valence-corrected chi connectivity index (χ1v) is 7.86. The Morgan fingerprint density at radius 1 is 1.20 bits per heavy atom. The Morgan fingerprint density at radius 2 is 1.75 bits per heavy atom. The topological polar surface area (TPSA) is 20.3 Å². The van der Waals surface area contributed by atoms with Crippen molar-refractivity contribution < 1.29 is 4.79 Å².